The second kappa shape index (κ2) is 6.19. The smallest absolute Gasteiger partial charge is 0.413 e. The number of carbonyl (C=O) groups is 2. The molecule has 1 N–H and O–H groups in total. The molecule has 1 rings (SSSR count). The Kier molecular flexibility index (Phi) is 4.83. The van der Waals surface area contributed by atoms with Gasteiger partial charge in [-0.05, 0) is 24.3 Å². The molecule has 4 nitrogen and oxygen atoms in total. The molecule has 0 unspecified atom stereocenters. The van der Waals surface area contributed by atoms with E-state index in [-0.39, 0.29) is 5.91 Å². The minimum absolute atomic E-state index is 0.293. The fraction of sp³-hybridized carbons (Fsp3) is 0.400. The van der Waals surface area contributed by atoms with Crippen LogP contribution >= 0.6 is 11.3 Å². The van der Waals surface area contributed by atoms with Crippen molar-refractivity contribution in [3.8, 4) is 0 Å². The van der Waals surface area contributed by atoms with Crippen LogP contribution in [0.1, 0.15) is 17.7 Å². The fourth-order valence-electron chi connectivity index (χ4n) is 1.11. The lowest BCUT2D eigenvalue weighted by Crippen LogP contribution is -2.29. The lowest BCUT2D eigenvalue weighted by atomic mass is 10.2. The van der Waals surface area contributed by atoms with E-state index in [9.17, 15) is 9.59 Å². The Morgan fingerprint density at radius 1 is 1.53 bits per heavy atom. The molecule has 5 heteroatoms. The van der Waals surface area contributed by atoms with E-state index < -0.39 is 6.09 Å². The van der Waals surface area contributed by atoms with E-state index in [1.165, 1.54) is 12.0 Å². The molecule has 0 aliphatic rings. The van der Waals surface area contributed by atoms with Crippen molar-refractivity contribution in [2.45, 2.75) is 19.3 Å². The Labute approximate surface area is 92.2 Å². The lowest BCUT2D eigenvalue weighted by Gasteiger charge is -2.01. The average Bonchev–Trinajstić information content (AvgIpc) is 2.70. The van der Waals surface area contributed by atoms with Crippen molar-refractivity contribution >= 4 is 23.3 Å². The first-order valence-corrected chi connectivity index (χ1v) is 5.50. The standard InChI is InChI=1S/C10H13NO3S/c1-14-10(13)11-9(12)6-2-4-8-5-3-7-15-8/h3,5,7H,2,4,6H2,1H3,(H,11,12,13). The molecule has 0 bridgehead atoms. The zero-order valence-corrected chi connectivity index (χ0v) is 9.30. The van der Waals surface area contributed by atoms with Crippen molar-refractivity contribution in [2.24, 2.45) is 0 Å². The van der Waals surface area contributed by atoms with Gasteiger partial charge in [0.2, 0.25) is 5.91 Å². The molecule has 82 valence electrons. The number of methoxy groups -OCH3 is 1. The number of thiophene rings is 1. The predicted molar refractivity (Wildman–Crippen MR) is 57.8 cm³/mol. The maximum absolute atomic E-state index is 11.1. The third-order valence-electron chi connectivity index (χ3n) is 1.83. The highest BCUT2D eigenvalue weighted by Gasteiger charge is 2.06. The van der Waals surface area contributed by atoms with Crippen LogP contribution in [0.3, 0.4) is 0 Å². The number of aryl methyl sites for hydroxylation is 1. The Hall–Kier alpha value is -1.36. The SMILES string of the molecule is COC(=O)NC(=O)CCCc1cccs1. The number of imide groups is 1. The molecule has 1 aromatic rings. The topological polar surface area (TPSA) is 55.4 Å². The summed E-state index contributed by atoms with van der Waals surface area (Å²) in [6, 6.07) is 4.01. The lowest BCUT2D eigenvalue weighted by molar-refractivity contribution is -0.120. The molecule has 0 radical (unpaired) electrons. The van der Waals surface area contributed by atoms with Crippen LogP contribution in [0.5, 0.6) is 0 Å². The average molecular weight is 227 g/mol. The normalized spacial score (nSPS) is 9.67. The number of alkyl carbamates (subject to hydrolysis) is 1. The molecular formula is C10H13NO3S. The second-order valence-electron chi connectivity index (χ2n) is 2.97. The summed E-state index contributed by atoms with van der Waals surface area (Å²) < 4.78 is 4.30. The van der Waals surface area contributed by atoms with Gasteiger partial charge in [-0.1, -0.05) is 6.07 Å². The molecule has 15 heavy (non-hydrogen) atoms. The van der Waals surface area contributed by atoms with Crippen molar-refractivity contribution in [3.63, 3.8) is 0 Å². The maximum atomic E-state index is 11.1. The Bertz CT molecular complexity index is 321. The number of hydrogen-bond acceptors (Lipinski definition) is 4. The minimum atomic E-state index is -0.698. The number of nitrogens with one attached hydrogen (secondary N) is 1. The van der Waals surface area contributed by atoms with E-state index in [0.717, 1.165) is 12.8 Å². The molecule has 1 aromatic heterocycles. The molecular weight excluding hydrogens is 214 g/mol. The number of ether oxygens (including phenoxy) is 1. The Morgan fingerprint density at radius 3 is 2.93 bits per heavy atom. The molecule has 0 aromatic carbocycles. The molecule has 0 fully saturated rings. The predicted octanol–water partition coefficient (Wildman–Crippen LogP) is 1.95. The van der Waals surface area contributed by atoms with Gasteiger partial charge >= 0.3 is 6.09 Å². The molecule has 0 atom stereocenters. The Balaban J connectivity index is 2.15. The van der Waals surface area contributed by atoms with Crippen LogP contribution in [0.15, 0.2) is 17.5 Å². The summed E-state index contributed by atoms with van der Waals surface area (Å²) in [4.78, 5) is 23.0. The summed E-state index contributed by atoms with van der Waals surface area (Å²) in [5, 5.41) is 4.12. The highest BCUT2D eigenvalue weighted by molar-refractivity contribution is 7.09. The molecule has 0 aliphatic carbocycles. The van der Waals surface area contributed by atoms with E-state index in [1.54, 1.807) is 11.3 Å². The van der Waals surface area contributed by atoms with Crippen molar-refractivity contribution in [3.05, 3.63) is 22.4 Å². The van der Waals surface area contributed by atoms with Gasteiger partial charge in [-0.25, -0.2) is 4.79 Å². The zero-order valence-electron chi connectivity index (χ0n) is 8.49. The van der Waals surface area contributed by atoms with Crippen LogP contribution in [0.25, 0.3) is 0 Å². The molecule has 1 heterocycles. The number of carbonyl (C=O) groups excluding carboxylic acids is 2. The molecule has 0 spiro atoms. The quantitative estimate of drug-likeness (QED) is 0.855. The summed E-state index contributed by atoms with van der Waals surface area (Å²) in [5.74, 6) is -0.293. The summed E-state index contributed by atoms with van der Waals surface area (Å²) in [6.45, 7) is 0. The molecule has 0 saturated heterocycles. The maximum Gasteiger partial charge on any atom is 0.413 e. The third kappa shape index (κ3) is 4.60. The highest BCUT2D eigenvalue weighted by Crippen LogP contribution is 2.11. The van der Waals surface area contributed by atoms with Gasteiger partial charge in [0.1, 0.15) is 0 Å². The van der Waals surface area contributed by atoms with Gasteiger partial charge in [-0.15, -0.1) is 11.3 Å². The van der Waals surface area contributed by atoms with Gasteiger partial charge in [-0.2, -0.15) is 0 Å². The van der Waals surface area contributed by atoms with E-state index in [1.807, 2.05) is 17.5 Å². The molecule has 2 amide bonds. The summed E-state index contributed by atoms with van der Waals surface area (Å²) >= 11 is 1.67. The van der Waals surface area contributed by atoms with Crippen molar-refractivity contribution in [2.75, 3.05) is 7.11 Å². The van der Waals surface area contributed by atoms with E-state index in [4.69, 9.17) is 0 Å². The van der Waals surface area contributed by atoms with Gasteiger partial charge in [0.25, 0.3) is 0 Å². The van der Waals surface area contributed by atoms with Crippen LogP contribution in [-0.4, -0.2) is 19.1 Å². The van der Waals surface area contributed by atoms with Gasteiger partial charge in [0.15, 0.2) is 0 Å². The fourth-order valence-corrected chi connectivity index (χ4v) is 1.86. The first-order chi connectivity index (χ1) is 7.22. The molecule has 0 aliphatic heterocycles. The summed E-state index contributed by atoms with van der Waals surface area (Å²) in [5.41, 5.74) is 0. The number of hydrogen-bond donors (Lipinski definition) is 1. The Morgan fingerprint density at radius 2 is 2.33 bits per heavy atom. The number of rotatable bonds is 4. The van der Waals surface area contributed by atoms with Crippen LogP contribution in [0.4, 0.5) is 4.79 Å². The van der Waals surface area contributed by atoms with Crippen molar-refractivity contribution in [1.29, 1.82) is 0 Å². The zero-order chi connectivity index (χ0) is 11.1. The second-order valence-corrected chi connectivity index (χ2v) is 4.00. The van der Waals surface area contributed by atoms with Crippen LogP contribution < -0.4 is 5.32 Å². The van der Waals surface area contributed by atoms with Gasteiger partial charge in [0.05, 0.1) is 7.11 Å². The van der Waals surface area contributed by atoms with Crippen molar-refractivity contribution < 1.29 is 14.3 Å². The van der Waals surface area contributed by atoms with E-state index in [0.29, 0.717) is 6.42 Å². The van der Waals surface area contributed by atoms with Gasteiger partial charge in [-0.3, -0.25) is 10.1 Å². The monoisotopic (exact) mass is 227 g/mol. The van der Waals surface area contributed by atoms with Gasteiger partial charge in [0, 0.05) is 11.3 Å². The van der Waals surface area contributed by atoms with Crippen LogP contribution in [-0.2, 0) is 16.0 Å². The number of amides is 2. The van der Waals surface area contributed by atoms with E-state index >= 15 is 0 Å². The van der Waals surface area contributed by atoms with Crippen LogP contribution in [0, 0.1) is 0 Å². The summed E-state index contributed by atoms with van der Waals surface area (Å²) in [6.07, 6.45) is 1.25. The van der Waals surface area contributed by atoms with Crippen molar-refractivity contribution in [1.82, 2.24) is 5.32 Å². The largest absolute Gasteiger partial charge is 0.453 e. The minimum Gasteiger partial charge on any atom is -0.453 e. The van der Waals surface area contributed by atoms with Gasteiger partial charge < -0.3 is 4.74 Å². The first kappa shape index (κ1) is 11.7. The first-order valence-electron chi connectivity index (χ1n) is 4.62. The highest BCUT2D eigenvalue weighted by atomic mass is 32.1. The molecule has 0 saturated carbocycles. The van der Waals surface area contributed by atoms with Crippen LogP contribution in [0.2, 0.25) is 0 Å². The third-order valence-corrected chi connectivity index (χ3v) is 2.77. The summed E-state index contributed by atoms with van der Waals surface area (Å²) in [7, 11) is 1.23. The van der Waals surface area contributed by atoms with E-state index in [2.05, 4.69) is 10.1 Å².